The lowest BCUT2D eigenvalue weighted by Crippen LogP contribution is -2.16. The Morgan fingerprint density at radius 1 is 1.25 bits per heavy atom. The van der Waals surface area contributed by atoms with Crippen LogP contribution in [0.15, 0.2) is 0 Å². The monoisotopic (exact) mass is 236 g/mol. The summed E-state index contributed by atoms with van der Waals surface area (Å²) in [5.41, 5.74) is 0.381. The van der Waals surface area contributed by atoms with E-state index in [-0.39, 0.29) is 0 Å². The molecule has 0 heterocycles. The van der Waals surface area contributed by atoms with Crippen molar-refractivity contribution in [1.82, 2.24) is 0 Å². The van der Waals surface area contributed by atoms with Gasteiger partial charge in [-0.05, 0) is 18.3 Å². The van der Waals surface area contributed by atoms with Crippen LogP contribution in [0.25, 0.3) is 0 Å². The van der Waals surface area contributed by atoms with Crippen molar-refractivity contribution in [1.29, 1.82) is 0 Å². The Balaban J connectivity index is 3.19. The fourth-order valence-electron chi connectivity index (χ4n) is 0.764. The second kappa shape index (κ2) is 6.90. The predicted octanol–water partition coefficient (Wildman–Crippen LogP) is 3.61. The molecule has 0 atom stereocenters. The van der Waals surface area contributed by atoms with Gasteiger partial charge in [-0.3, -0.25) is 0 Å². The third kappa shape index (κ3) is 7.11. The van der Waals surface area contributed by atoms with Crippen LogP contribution in [-0.2, 0) is 4.74 Å². The van der Waals surface area contributed by atoms with E-state index in [0.29, 0.717) is 5.41 Å². The number of unbranched alkanes of at least 4 members (excludes halogenated alkanes) is 1. The molecule has 0 aliphatic carbocycles. The Morgan fingerprint density at radius 3 is 2.42 bits per heavy atom. The van der Waals surface area contributed by atoms with Gasteiger partial charge in [-0.2, -0.15) is 0 Å². The first-order valence-electron chi connectivity index (χ1n) is 4.76. The number of halogens is 1. The van der Waals surface area contributed by atoms with Crippen LogP contribution in [0.2, 0.25) is 0 Å². The summed E-state index contributed by atoms with van der Waals surface area (Å²) in [4.78, 5) is 0. The quantitative estimate of drug-likeness (QED) is 0.485. The molecule has 0 radical (unpaired) electrons. The molecule has 0 unspecified atom stereocenters. The van der Waals surface area contributed by atoms with E-state index in [4.69, 9.17) is 4.74 Å². The smallest absolute Gasteiger partial charge is 0.0471 e. The van der Waals surface area contributed by atoms with Gasteiger partial charge in [0.05, 0.1) is 0 Å². The third-order valence-electron chi connectivity index (χ3n) is 1.93. The van der Waals surface area contributed by atoms with Crippen molar-refractivity contribution in [2.24, 2.45) is 5.41 Å². The highest BCUT2D eigenvalue weighted by atomic mass is 79.9. The summed E-state index contributed by atoms with van der Waals surface area (Å²) in [5, 5.41) is 1.05. The Morgan fingerprint density at radius 2 is 1.92 bits per heavy atom. The number of ether oxygens (including phenoxy) is 1. The molecule has 0 spiro atoms. The summed E-state index contributed by atoms with van der Waals surface area (Å²) in [6.45, 7) is 8.52. The van der Waals surface area contributed by atoms with Crippen molar-refractivity contribution in [3.63, 3.8) is 0 Å². The second-order valence-electron chi connectivity index (χ2n) is 4.01. The SMILES string of the molecule is CCCCOCCC(C)(C)CBr. The van der Waals surface area contributed by atoms with E-state index in [1.165, 1.54) is 12.8 Å². The van der Waals surface area contributed by atoms with Crippen LogP contribution < -0.4 is 0 Å². The average Bonchev–Trinajstić information content (AvgIpc) is 2.04. The van der Waals surface area contributed by atoms with E-state index in [2.05, 4.69) is 36.7 Å². The molecule has 0 fully saturated rings. The molecule has 0 aromatic heterocycles. The van der Waals surface area contributed by atoms with Crippen LogP contribution >= 0.6 is 15.9 Å². The van der Waals surface area contributed by atoms with E-state index in [1.807, 2.05) is 0 Å². The zero-order valence-electron chi connectivity index (χ0n) is 8.53. The number of hydrogen-bond donors (Lipinski definition) is 0. The van der Waals surface area contributed by atoms with E-state index in [9.17, 15) is 0 Å². The first-order valence-corrected chi connectivity index (χ1v) is 5.88. The van der Waals surface area contributed by atoms with Crippen LogP contribution in [0.3, 0.4) is 0 Å². The normalized spacial score (nSPS) is 12.0. The van der Waals surface area contributed by atoms with Crippen LogP contribution in [-0.4, -0.2) is 18.5 Å². The van der Waals surface area contributed by atoms with Gasteiger partial charge in [-0.25, -0.2) is 0 Å². The molecule has 2 heteroatoms. The highest BCUT2D eigenvalue weighted by molar-refractivity contribution is 9.09. The van der Waals surface area contributed by atoms with Gasteiger partial charge in [0.15, 0.2) is 0 Å². The van der Waals surface area contributed by atoms with Gasteiger partial charge in [0.1, 0.15) is 0 Å². The van der Waals surface area contributed by atoms with Crippen molar-refractivity contribution >= 4 is 15.9 Å². The van der Waals surface area contributed by atoms with Crippen LogP contribution in [0.4, 0.5) is 0 Å². The molecule has 0 saturated carbocycles. The molecule has 0 aliphatic heterocycles. The highest BCUT2D eigenvalue weighted by Gasteiger charge is 2.14. The van der Waals surface area contributed by atoms with Crippen molar-refractivity contribution in [3.8, 4) is 0 Å². The van der Waals surface area contributed by atoms with Crippen LogP contribution in [0, 0.1) is 5.41 Å². The van der Waals surface area contributed by atoms with Gasteiger partial charge < -0.3 is 4.74 Å². The van der Waals surface area contributed by atoms with Gasteiger partial charge in [0.25, 0.3) is 0 Å². The van der Waals surface area contributed by atoms with E-state index >= 15 is 0 Å². The summed E-state index contributed by atoms with van der Waals surface area (Å²) >= 11 is 3.50. The maximum Gasteiger partial charge on any atom is 0.0471 e. The van der Waals surface area contributed by atoms with E-state index < -0.39 is 0 Å². The zero-order chi connectivity index (χ0) is 9.45. The predicted molar refractivity (Wildman–Crippen MR) is 57.9 cm³/mol. The van der Waals surface area contributed by atoms with Crippen molar-refractivity contribution < 1.29 is 4.74 Å². The van der Waals surface area contributed by atoms with Crippen molar-refractivity contribution in [3.05, 3.63) is 0 Å². The van der Waals surface area contributed by atoms with E-state index in [0.717, 1.165) is 25.0 Å². The molecule has 0 N–H and O–H groups in total. The summed E-state index contributed by atoms with van der Waals surface area (Å²) in [6.07, 6.45) is 3.55. The Hall–Kier alpha value is 0.440. The molecule has 0 aromatic carbocycles. The topological polar surface area (TPSA) is 9.23 Å². The molecule has 0 amide bonds. The number of rotatable bonds is 7. The van der Waals surface area contributed by atoms with Gasteiger partial charge in [-0.15, -0.1) is 0 Å². The number of alkyl halides is 1. The standard InChI is InChI=1S/C10H21BrO/c1-4-5-7-12-8-6-10(2,3)9-11/h4-9H2,1-3H3. The fraction of sp³-hybridized carbons (Fsp3) is 1.00. The summed E-state index contributed by atoms with van der Waals surface area (Å²) < 4.78 is 5.49. The molecular weight excluding hydrogens is 216 g/mol. The molecule has 12 heavy (non-hydrogen) atoms. The average molecular weight is 237 g/mol. The van der Waals surface area contributed by atoms with Crippen molar-refractivity contribution in [2.75, 3.05) is 18.5 Å². The maximum atomic E-state index is 5.49. The van der Waals surface area contributed by atoms with Crippen LogP contribution in [0.1, 0.15) is 40.0 Å². The minimum atomic E-state index is 0.381. The largest absolute Gasteiger partial charge is 0.381 e. The molecule has 1 nitrogen and oxygen atoms in total. The summed E-state index contributed by atoms with van der Waals surface area (Å²) in [6, 6.07) is 0. The second-order valence-corrected chi connectivity index (χ2v) is 4.57. The first-order chi connectivity index (χ1) is 5.62. The lowest BCUT2D eigenvalue weighted by Gasteiger charge is -2.20. The van der Waals surface area contributed by atoms with Gasteiger partial charge >= 0.3 is 0 Å². The van der Waals surface area contributed by atoms with Gasteiger partial charge in [-0.1, -0.05) is 43.1 Å². The summed E-state index contributed by atoms with van der Waals surface area (Å²) in [7, 11) is 0. The van der Waals surface area contributed by atoms with Crippen LogP contribution in [0.5, 0.6) is 0 Å². The number of hydrogen-bond acceptors (Lipinski definition) is 1. The minimum absolute atomic E-state index is 0.381. The zero-order valence-corrected chi connectivity index (χ0v) is 10.1. The van der Waals surface area contributed by atoms with Crippen molar-refractivity contribution in [2.45, 2.75) is 40.0 Å². The molecule has 74 valence electrons. The molecule has 0 rings (SSSR count). The molecule has 0 bridgehead atoms. The molecule has 0 aromatic rings. The minimum Gasteiger partial charge on any atom is -0.381 e. The third-order valence-corrected chi connectivity index (χ3v) is 3.45. The Labute approximate surface area is 85.0 Å². The fourth-order valence-corrected chi connectivity index (χ4v) is 1.04. The lowest BCUT2D eigenvalue weighted by molar-refractivity contribution is 0.107. The summed E-state index contributed by atoms with van der Waals surface area (Å²) in [5.74, 6) is 0. The lowest BCUT2D eigenvalue weighted by atomic mass is 9.93. The molecule has 0 aliphatic rings. The Kier molecular flexibility index (Phi) is 7.16. The van der Waals surface area contributed by atoms with Gasteiger partial charge in [0.2, 0.25) is 0 Å². The van der Waals surface area contributed by atoms with E-state index in [1.54, 1.807) is 0 Å². The van der Waals surface area contributed by atoms with Gasteiger partial charge in [0, 0.05) is 18.5 Å². The maximum absolute atomic E-state index is 5.49. The first kappa shape index (κ1) is 12.4. The molecular formula is C10H21BrO. The molecule has 0 saturated heterocycles. The Bertz CT molecular complexity index is 102. The highest BCUT2D eigenvalue weighted by Crippen LogP contribution is 2.22.